The summed E-state index contributed by atoms with van der Waals surface area (Å²) in [5, 5.41) is 8.66. The van der Waals surface area contributed by atoms with Gasteiger partial charge in [0.15, 0.2) is 0 Å². The molecule has 5 nitrogen and oxygen atoms in total. The normalized spacial score (nSPS) is 11.6. The zero-order chi connectivity index (χ0) is 9.68. The number of fused-ring (bicyclic) bond motifs is 1. The van der Waals surface area contributed by atoms with Crippen molar-refractivity contribution in [1.82, 2.24) is 5.53 Å². The second-order valence-corrected chi connectivity index (χ2v) is 2.21. The summed E-state index contributed by atoms with van der Waals surface area (Å²) in [6, 6.07) is 5.49. The van der Waals surface area contributed by atoms with Crippen LogP contribution in [0.5, 0.6) is 0 Å². The molecule has 0 aliphatic carbocycles. The van der Waals surface area contributed by atoms with Crippen LogP contribution in [-0.2, 0) is 0 Å². The van der Waals surface area contributed by atoms with Gasteiger partial charge in [-0.3, -0.25) is 16.1 Å². The number of hydrogen-bond donors (Lipinski definition) is 5. The zero-order valence-corrected chi connectivity index (χ0v) is 7.68. The third-order valence-electron chi connectivity index (χ3n) is 1.57. The van der Waals surface area contributed by atoms with E-state index in [1.54, 1.807) is 6.07 Å². The van der Waals surface area contributed by atoms with Crippen LogP contribution in [0.15, 0.2) is 18.2 Å². The number of anilines is 3. The van der Waals surface area contributed by atoms with Crippen molar-refractivity contribution >= 4 is 17.1 Å². The van der Waals surface area contributed by atoms with Crippen molar-refractivity contribution in [3.8, 4) is 0 Å². The highest BCUT2D eigenvalue weighted by atomic mass is 16.5. The van der Waals surface area contributed by atoms with Crippen LogP contribution in [0.25, 0.3) is 0 Å². The average Bonchev–Trinajstić information content (AvgIpc) is 2.68. The fourth-order valence-corrected chi connectivity index (χ4v) is 1.05. The Balaban J connectivity index is 0.000000531. The summed E-state index contributed by atoms with van der Waals surface area (Å²) in [4.78, 5) is 0. The summed E-state index contributed by atoms with van der Waals surface area (Å²) >= 11 is 0. The molecule has 74 valence electrons. The van der Waals surface area contributed by atoms with Gasteiger partial charge < -0.3 is 5.43 Å². The van der Waals surface area contributed by atoms with Crippen molar-refractivity contribution in [3.63, 3.8) is 0 Å². The molecule has 1 aliphatic rings. The van der Waals surface area contributed by atoms with Crippen LogP contribution in [0.4, 0.5) is 17.1 Å². The first-order valence-electron chi connectivity index (χ1n) is 4.22. The van der Waals surface area contributed by atoms with E-state index in [1.807, 2.05) is 26.0 Å². The second-order valence-electron chi connectivity index (χ2n) is 2.21. The molecule has 1 aromatic rings. The lowest BCUT2D eigenvalue weighted by Gasteiger charge is -2.03. The first-order valence-corrected chi connectivity index (χ1v) is 4.22. The van der Waals surface area contributed by atoms with Crippen LogP contribution in [0.2, 0.25) is 0 Å². The van der Waals surface area contributed by atoms with Gasteiger partial charge in [-0.2, -0.15) is 0 Å². The van der Waals surface area contributed by atoms with Gasteiger partial charge in [0.05, 0.1) is 11.4 Å². The van der Waals surface area contributed by atoms with Gasteiger partial charge in [-0.25, -0.2) is 0 Å². The molecule has 1 aliphatic heterocycles. The lowest BCUT2D eigenvalue weighted by Crippen LogP contribution is -2.19. The average molecular weight is 184 g/mol. The summed E-state index contributed by atoms with van der Waals surface area (Å²) in [5.41, 5.74) is 12.9. The molecule has 0 unspecified atom stereocenters. The maximum atomic E-state index is 8.66. The van der Waals surface area contributed by atoms with Gasteiger partial charge in [0.25, 0.3) is 0 Å². The van der Waals surface area contributed by atoms with Crippen molar-refractivity contribution < 1.29 is 6.63 Å². The summed E-state index contributed by atoms with van der Waals surface area (Å²) in [6.45, 7) is 4.00. The fraction of sp³-hybridized carbons (Fsp3) is 0.250. The monoisotopic (exact) mass is 184 g/mol. The highest BCUT2D eigenvalue weighted by Gasteiger charge is 2.11. The Hall–Kier alpha value is -1.46. The Morgan fingerprint density at radius 1 is 1.31 bits per heavy atom. The van der Waals surface area contributed by atoms with Crippen LogP contribution in [0.1, 0.15) is 15.3 Å². The highest BCUT2D eigenvalue weighted by molar-refractivity contribution is 5.83. The van der Waals surface area contributed by atoms with E-state index in [2.05, 4.69) is 21.9 Å². The van der Waals surface area contributed by atoms with Crippen molar-refractivity contribution in [2.24, 2.45) is 0 Å². The van der Waals surface area contributed by atoms with Crippen LogP contribution in [-0.4, -0.2) is 5.21 Å². The third-order valence-corrected chi connectivity index (χ3v) is 1.57. The lowest BCUT2D eigenvalue weighted by molar-refractivity contribution is 0.389. The smallest absolute Gasteiger partial charge is 0.101 e. The number of benzene rings is 1. The molecule has 5 N–H and O–H groups in total. The molecule has 0 radical (unpaired) electrons. The van der Waals surface area contributed by atoms with Crippen LogP contribution < -0.4 is 21.9 Å². The van der Waals surface area contributed by atoms with Crippen LogP contribution in [0, 0.1) is 0 Å². The largest absolute Gasteiger partial charge is 0.302 e. The fourth-order valence-electron chi connectivity index (χ4n) is 1.05. The molecule has 0 amide bonds. The molecule has 0 spiro atoms. The predicted molar refractivity (Wildman–Crippen MR) is 55.7 cm³/mol. The molecule has 0 bridgehead atoms. The number of hydrogen-bond acceptors (Lipinski definition) is 5. The highest BCUT2D eigenvalue weighted by Crippen LogP contribution is 2.31. The minimum absolute atomic E-state index is 0. The lowest BCUT2D eigenvalue weighted by atomic mass is 10.2. The van der Waals surface area contributed by atoms with Crippen molar-refractivity contribution in [1.29, 1.82) is 0 Å². The van der Waals surface area contributed by atoms with Crippen molar-refractivity contribution in [2.75, 3.05) is 16.3 Å². The summed E-state index contributed by atoms with van der Waals surface area (Å²) in [6.07, 6.45) is 0. The molecule has 0 aromatic heterocycles. The van der Waals surface area contributed by atoms with Gasteiger partial charge in [-0.1, -0.05) is 19.9 Å². The number of para-hydroxylation sites is 1. The van der Waals surface area contributed by atoms with E-state index in [0.29, 0.717) is 5.69 Å². The SMILES string of the molecule is CC.ONc1cccc2c1NNN2.[HH]. The topological polar surface area (TPSA) is 68.3 Å². The van der Waals surface area contributed by atoms with Crippen LogP contribution in [0.3, 0.4) is 0 Å². The minimum Gasteiger partial charge on any atom is -0.302 e. The van der Waals surface area contributed by atoms with Gasteiger partial charge >= 0.3 is 0 Å². The van der Waals surface area contributed by atoms with Crippen molar-refractivity contribution in [2.45, 2.75) is 13.8 Å². The molecule has 1 aromatic carbocycles. The van der Waals surface area contributed by atoms with Gasteiger partial charge in [0.2, 0.25) is 0 Å². The minimum atomic E-state index is 0. The molecule has 13 heavy (non-hydrogen) atoms. The Morgan fingerprint density at radius 2 is 2.08 bits per heavy atom. The standard InChI is InChI=1S/C6H8N4O.C2H6.H2/c11-9-5-3-1-2-4-6(5)8-10-7-4;1-2;/h1-3,7-11H;1-2H3;1H. The van der Waals surface area contributed by atoms with Gasteiger partial charge in [0.1, 0.15) is 5.69 Å². The van der Waals surface area contributed by atoms with E-state index in [4.69, 9.17) is 5.21 Å². The summed E-state index contributed by atoms with van der Waals surface area (Å²) in [7, 11) is 0. The van der Waals surface area contributed by atoms with E-state index >= 15 is 0 Å². The maximum absolute atomic E-state index is 8.66. The third kappa shape index (κ3) is 1.82. The Morgan fingerprint density at radius 3 is 2.77 bits per heavy atom. The van der Waals surface area contributed by atoms with Crippen LogP contribution >= 0.6 is 0 Å². The molecule has 1 heterocycles. The number of nitrogens with one attached hydrogen (secondary N) is 4. The van der Waals surface area contributed by atoms with E-state index in [9.17, 15) is 0 Å². The van der Waals surface area contributed by atoms with Gasteiger partial charge in [-0.15, -0.1) is 5.53 Å². The zero-order valence-electron chi connectivity index (χ0n) is 7.68. The maximum Gasteiger partial charge on any atom is 0.101 e. The quantitative estimate of drug-likeness (QED) is 0.432. The van der Waals surface area contributed by atoms with Gasteiger partial charge in [0, 0.05) is 1.43 Å². The Labute approximate surface area is 78.5 Å². The molecule has 5 heteroatoms. The second kappa shape index (κ2) is 4.54. The Bertz CT molecular complexity index is 282. The molecular formula is C8H16N4O. The first-order chi connectivity index (χ1) is 6.42. The number of rotatable bonds is 1. The van der Waals surface area contributed by atoms with E-state index < -0.39 is 0 Å². The van der Waals surface area contributed by atoms with E-state index in [-0.39, 0.29) is 1.43 Å². The van der Waals surface area contributed by atoms with E-state index in [0.717, 1.165) is 11.4 Å². The summed E-state index contributed by atoms with van der Waals surface area (Å²) in [5.74, 6) is 0. The summed E-state index contributed by atoms with van der Waals surface area (Å²) < 4.78 is 0. The first kappa shape index (κ1) is 9.63. The molecule has 0 fully saturated rings. The van der Waals surface area contributed by atoms with Gasteiger partial charge in [-0.05, 0) is 12.1 Å². The predicted octanol–water partition coefficient (Wildman–Crippen LogP) is 2.02. The molecular weight excluding hydrogens is 168 g/mol. The van der Waals surface area contributed by atoms with Crippen molar-refractivity contribution in [3.05, 3.63) is 18.2 Å². The van der Waals surface area contributed by atoms with E-state index in [1.165, 1.54) is 0 Å². The number of hydrazine groups is 2. The molecule has 0 saturated heterocycles. The molecule has 2 rings (SSSR count). The molecule has 0 saturated carbocycles. The Kier molecular flexibility index (Phi) is 3.36. The molecule has 0 atom stereocenters.